The van der Waals surface area contributed by atoms with E-state index in [2.05, 4.69) is 98.4 Å². The van der Waals surface area contributed by atoms with Gasteiger partial charge >= 0.3 is 0 Å². The highest BCUT2D eigenvalue weighted by molar-refractivity contribution is 6.04. The van der Waals surface area contributed by atoms with Gasteiger partial charge in [-0.2, -0.15) is 0 Å². The molecule has 20 heavy (non-hydrogen) atoms. The van der Waals surface area contributed by atoms with Gasteiger partial charge in [0.15, 0.2) is 0 Å². The van der Waals surface area contributed by atoms with E-state index in [0.717, 1.165) is 0 Å². The summed E-state index contributed by atoms with van der Waals surface area (Å²) >= 11 is 3.64. The number of rotatable bonds is 3. The van der Waals surface area contributed by atoms with Gasteiger partial charge in [0.25, 0.3) is 0 Å². The minimum absolute atomic E-state index is 1.23. The molecule has 0 amide bonds. The molecular weight excluding hydrogens is 272 g/mol. The summed E-state index contributed by atoms with van der Waals surface area (Å²) in [5.41, 5.74) is 4.96. The molecule has 0 aliphatic carbocycles. The average molecular weight is 293 g/mol. The quantitative estimate of drug-likeness (QED) is 0.936. The monoisotopic (exact) mass is 292 g/mol. The maximum atomic E-state index is 6.47. The Kier molecular flexibility index (Phi) is 6.36. The second-order valence-electron chi connectivity index (χ2n) is 4.88. The number of hydrogen-bond donors (Lipinski definition) is 1. The van der Waals surface area contributed by atoms with Gasteiger partial charge < -0.3 is 9.80 Å². The van der Waals surface area contributed by atoms with Crippen LogP contribution in [0.4, 0.5) is 11.4 Å². The van der Waals surface area contributed by atoms with Gasteiger partial charge in [0, 0.05) is 39.6 Å². The number of hydrogen-bond acceptors (Lipinski definition) is 3. The molecule has 0 saturated carbocycles. The van der Waals surface area contributed by atoms with Crippen LogP contribution < -0.4 is 9.80 Å². The van der Waals surface area contributed by atoms with Gasteiger partial charge in [0.1, 0.15) is 0 Å². The summed E-state index contributed by atoms with van der Waals surface area (Å²) in [6.45, 7) is 0. The third-order valence-electron chi connectivity index (χ3n) is 3.10. The van der Waals surface area contributed by atoms with Crippen LogP contribution >= 0.6 is 11.9 Å². The molecule has 0 fully saturated rings. The van der Waals surface area contributed by atoms with Gasteiger partial charge in [0.2, 0.25) is 0 Å². The van der Waals surface area contributed by atoms with Crippen molar-refractivity contribution in [3.63, 3.8) is 0 Å². The van der Waals surface area contributed by atoms with Crippen LogP contribution in [0, 0.1) is 0 Å². The Bertz CT molecular complexity index is 458. The largest absolute Gasteiger partial charge is 0.378 e. The van der Waals surface area contributed by atoms with Crippen molar-refractivity contribution in [1.29, 1.82) is 0 Å². The molecule has 1 N–H and O–H groups in total. The average Bonchev–Trinajstić information content (AvgIpc) is 2.49. The van der Waals surface area contributed by atoms with Crippen LogP contribution in [0.15, 0.2) is 48.5 Å². The Balaban J connectivity index is 0.000000956. The highest BCUT2D eigenvalue weighted by Crippen LogP contribution is 2.24. The predicted octanol–water partition coefficient (Wildman–Crippen LogP) is 3.62. The normalized spacial score (nSPS) is 9.50. The summed E-state index contributed by atoms with van der Waals surface area (Å²) in [4.78, 5) is 4.22. The van der Waals surface area contributed by atoms with E-state index in [-0.39, 0.29) is 0 Å². The Morgan fingerprint density at radius 2 is 0.850 bits per heavy atom. The highest BCUT2D eigenvalue weighted by atomic mass is 35.5. The molecule has 3 nitrogen and oxygen atoms in total. The molecule has 2 aromatic carbocycles. The van der Waals surface area contributed by atoms with Crippen molar-refractivity contribution in [3.8, 4) is 11.1 Å². The van der Waals surface area contributed by atoms with Crippen molar-refractivity contribution < 1.29 is 4.66 Å². The van der Waals surface area contributed by atoms with Crippen molar-refractivity contribution in [2.24, 2.45) is 0 Å². The van der Waals surface area contributed by atoms with Crippen LogP contribution in [-0.4, -0.2) is 32.8 Å². The smallest absolute Gasteiger partial charge is 0.0579 e. The third kappa shape index (κ3) is 4.15. The molecule has 0 spiro atoms. The van der Waals surface area contributed by atoms with Crippen molar-refractivity contribution in [2.45, 2.75) is 0 Å². The zero-order valence-electron chi connectivity index (χ0n) is 12.3. The molecule has 0 saturated heterocycles. The predicted molar refractivity (Wildman–Crippen MR) is 88.6 cm³/mol. The molecule has 0 unspecified atom stereocenters. The minimum atomic E-state index is 1.23. The minimum Gasteiger partial charge on any atom is -0.378 e. The second-order valence-corrected chi connectivity index (χ2v) is 4.88. The fraction of sp³-hybridized carbons (Fsp3) is 0.250. The Morgan fingerprint density at radius 3 is 1.05 bits per heavy atom. The molecule has 4 heteroatoms. The lowest BCUT2D eigenvalue weighted by atomic mass is 10.0. The van der Waals surface area contributed by atoms with Gasteiger partial charge in [-0.05, 0) is 35.4 Å². The molecule has 0 bridgehead atoms. The van der Waals surface area contributed by atoms with Crippen molar-refractivity contribution >= 4 is 23.2 Å². The topological polar surface area (TPSA) is 26.7 Å². The van der Waals surface area contributed by atoms with Gasteiger partial charge in [-0.15, -0.1) is 0 Å². The van der Waals surface area contributed by atoms with Crippen LogP contribution in [-0.2, 0) is 0 Å². The third-order valence-corrected chi connectivity index (χ3v) is 3.10. The molecule has 2 rings (SSSR count). The molecule has 0 atom stereocenters. The first-order valence-corrected chi connectivity index (χ1v) is 6.64. The van der Waals surface area contributed by atoms with Crippen LogP contribution in [0.25, 0.3) is 11.1 Å². The Labute approximate surface area is 126 Å². The van der Waals surface area contributed by atoms with E-state index in [1.807, 2.05) is 0 Å². The van der Waals surface area contributed by atoms with Crippen molar-refractivity contribution in [3.05, 3.63) is 48.5 Å². The van der Waals surface area contributed by atoms with Crippen LogP contribution in [0.1, 0.15) is 0 Å². The fourth-order valence-corrected chi connectivity index (χ4v) is 1.90. The number of nitrogens with zero attached hydrogens (tertiary/aromatic N) is 2. The van der Waals surface area contributed by atoms with E-state index in [0.29, 0.717) is 0 Å². The van der Waals surface area contributed by atoms with Gasteiger partial charge in [-0.3, -0.25) is 4.66 Å². The van der Waals surface area contributed by atoms with E-state index < -0.39 is 0 Å². The van der Waals surface area contributed by atoms with E-state index in [9.17, 15) is 0 Å². The Morgan fingerprint density at radius 1 is 0.600 bits per heavy atom. The number of benzene rings is 2. The molecule has 0 aliphatic rings. The number of halogens is 1. The lowest BCUT2D eigenvalue weighted by molar-refractivity contribution is 0.632. The van der Waals surface area contributed by atoms with Crippen molar-refractivity contribution in [2.75, 3.05) is 38.0 Å². The summed E-state index contributed by atoms with van der Waals surface area (Å²) < 4.78 is 6.47. The lowest BCUT2D eigenvalue weighted by Gasteiger charge is -2.14. The zero-order chi connectivity index (χ0) is 15.1. The molecule has 108 valence electrons. The zero-order valence-corrected chi connectivity index (χ0v) is 13.1. The van der Waals surface area contributed by atoms with Gasteiger partial charge in [-0.1, -0.05) is 24.3 Å². The summed E-state index contributed by atoms with van der Waals surface area (Å²) in [7, 11) is 8.23. The maximum absolute atomic E-state index is 6.47. The van der Waals surface area contributed by atoms with E-state index in [1.54, 1.807) is 0 Å². The summed E-state index contributed by atoms with van der Waals surface area (Å²) in [6.07, 6.45) is 0. The second kappa shape index (κ2) is 7.78. The van der Waals surface area contributed by atoms with E-state index in [1.165, 1.54) is 22.5 Å². The summed E-state index contributed by atoms with van der Waals surface area (Å²) in [5.74, 6) is 0. The van der Waals surface area contributed by atoms with Crippen LogP contribution in [0.3, 0.4) is 0 Å². The first-order valence-electron chi connectivity index (χ1n) is 6.30. The van der Waals surface area contributed by atoms with Crippen LogP contribution in [0.5, 0.6) is 0 Å². The molecular formula is C16H21ClN2O. The Hall–Kier alpha value is -1.71. The molecule has 0 aromatic heterocycles. The maximum Gasteiger partial charge on any atom is 0.0579 e. The summed E-state index contributed by atoms with van der Waals surface area (Å²) in [6, 6.07) is 17.3. The fourth-order valence-electron chi connectivity index (χ4n) is 1.90. The standard InChI is InChI=1S/C16H20N2.ClHO/c1-17(2)15-9-5-13(6-10-15)14-7-11-16(12-8-14)18(3)4;1-2/h5-12H,1-4H3;2H. The first-order chi connectivity index (χ1) is 9.58. The molecule has 2 aromatic rings. The molecule has 0 heterocycles. The van der Waals surface area contributed by atoms with Crippen molar-refractivity contribution in [1.82, 2.24) is 0 Å². The molecule has 0 radical (unpaired) electrons. The molecule has 0 aliphatic heterocycles. The van der Waals surface area contributed by atoms with Crippen LogP contribution in [0.2, 0.25) is 0 Å². The summed E-state index contributed by atoms with van der Waals surface area (Å²) in [5, 5.41) is 0. The first kappa shape index (κ1) is 16.3. The van der Waals surface area contributed by atoms with Gasteiger partial charge in [0.05, 0.1) is 11.9 Å². The number of anilines is 2. The van der Waals surface area contributed by atoms with E-state index in [4.69, 9.17) is 4.66 Å². The lowest BCUT2D eigenvalue weighted by Crippen LogP contribution is -2.08. The van der Waals surface area contributed by atoms with Gasteiger partial charge in [-0.25, -0.2) is 0 Å². The van der Waals surface area contributed by atoms with E-state index >= 15 is 0 Å². The highest BCUT2D eigenvalue weighted by Gasteiger charge is 2.00. The SMILES string of the molecule is CN(C)c1ccc(-c2ccc(N(C)C)cc2)cc1.OCl.